The summed E-state index contributed by atoms with van der Waals surface area (Å²) >= 11 is 0. The van der Waals surface area contributed by atoms with Gasteiger partial charge in [-0.25, -0.2) is 8.42 Å². The van der Waals surface area contributed by atoms with Gasteiger partial charge >= 0.3 is 5.97 Å². The van der Waals surface area contributed by atoms with Gasteiger partial charge in [0, 0.05) is 5.56 Å². The highest BCUT2D eigenvalue weighted by Crippen LogP contribution is 2.52. The Kier molecular flexibility index (Phi) is 4.38. The lowest BCUT2D eigenvalue weighted by atomic mass is 9.96. The Balaban J connectivity index is 2.00. The summed E-state index contributed by atoms with van der Waals surface area (Å²) in [5.74, 6) is -2.35. The number of hydrogen-bond donors (Lipinski definition) is 0. The van der Waals surface area contributed by atoms with Crippen molar-refractivity contribution < 1.29 is 22.7 Å². The fourth-order valence-corrected chi connectivity index (χ4v) is 5.93. The first-order chi connectivity index (χ1) is 13.7. The molecule has 0 saturated heterocycles. The molecule has 2 aromatic rings. The molecule has 4 rings (SSSR count). The molecule has 0 aromatic heterocycles. The van der Waals surface area contributed by atoms with E-state index >= 15 is 0 Å². The van der Waals surface area contributed by atoms with E-state index in [1.807, 2.05) is 19.9 Å². The van der Waals surface area contributed by atoms with E-state index in [1.165, 1.54) is 11.4 Å². The zero-order valence-electron chi connectivity index (χ0n) is 16.6. The first-order valence-corrected chi connectivity index (χ1v) is 10.7. The van der Waals surface area contributed by atoms with Gasteiger partial charge in [0.1, 0.15) is 5.92 Å². The zero-order chi connectivity index (χ0) is 21.1. The van der Waals surface area contributed by atoms with Crippen LogP contribution in [0.25, 0.3) is 5.57 Å². The highest BCUT2D eigenvalue weighted by atomic mass is 32.2. The lowest BCUT2D eigenvalue weighted by Gasteiger charge is -2.28. The van der Waals surface area contributed by atoms with Gasteiger partial charge in [0.2, 0.25) is 0 Å². The van der Waals surface area contributed by atoms with Gasteiger partial charge in [-0.05, 0) is 55.7 Å². The Morgan fingerprint density at radius 1 is 1.03 bits per heavy atom. The number of methoxy groups -OCH3 is 1. The molecule has 0 unspecified atom stereocenters. The molecule has 0 bridgehead atoms. The van der Waals surface area contributed by atoms with E-state index in [4.69, 9.17) is 4.74 Å². The number of esters is 1. The second-order valence-electron chi connectivity index (χ2n) is 7.43. The summed E-state index contributed by atoms with van der Waals surface area (Å²) in [4.78, 5) is 25.5. The lowest BCUT2D eigenvalue weighted by molar-refractivity contribution is -0.148. The number of anilines is 1. The minimum absolute atomic E-state index is 0.109. The summed E-state index contributed by atoms with van der Waals surface area (Å²) in [6.45, 7) is 5.39. The molecule has 0 N–H and O–H groups in total. The maximum Gasteiger partial charge on any atom is 0.319 e. The smallest absolute Gasteiger partial charge is 0.319 e. The van der Waals surface area contributed by atoms with E-state index in [2.05, 4.69) is 0 Å². The van der Waals surface area contributed by atoms with E-state index in [0.717, 1.165) is 11.1 Å². The van der Waals surface area contributed by atoms with Crippen molar-refractivity contribution in [2.24, 2.45) is 5.92 Å². The van der Waals surface area contributed by atoms with Crippen molar-refractivity contribution in [2.75, 3.05) is 11.4 Å². The van der Waals surface area contributed by atoms with Gasteiger partial charge in [0.05, 0.1) is 23.7 Å². The van der Waals surface area contributed by atoms with Gasteiger partial charge in [-0.1, -0.05) is 29.8 Å². The molecule has 29 heavy (non-hydrogen) atoms. The number of carbonyl (C=O) groups excluding carboxylic acids is 2. The molecule has 2 aromatic carbocycles. The fraction of sp³-hybridized carbons (Fsp3) is 0.273. The number of aryl methyl sites for hydroxylation is 2. The summed E-state index contributed by atoms with van der Waals surface area (Å²) in [7, 11) is -2.82. The number of Topliss-reactive ketones (excluding diaryl/α,β-unsaturated/α-hetero) is 1. The summed E-state index contributed by atoms with van der Waals surface area (Å²) in [5, 5.41) is 0. The zero-order valence-corrected chi connectivity index (χ0v) is 17.4. The van der Waals surface area contributed by atoms with Crippen molar-refractivity contribution in [1.29, 1.82) is 0 Å². The van der Waals surface area contributed by atoms with Crippen molar-refractivity contribution in [3.8, 4) is 0 Å². The highest BCUT2D eigenvalue weighted by Gasteiger charge is 2.56. The van der Waals surface area contributed by atoms with Crippen LogP contribution >= 0.6 is 0 Å². The molecule has 0 saturated carbocycles. The van der Waals surface area contributed by atoms with E-state index in [-0.39, 0.29) is 4.90 Å². The van der Waals surface area contributed by atoms with Crippen LogP contribution in [0, 0.1) is 19.8 Å². The SMILES string of the molecule is COC(=O)[C@H]1C(=O)C(C)=C2c3c(C)cccc3N(S(=O)(=O)c3ccc(C)cc3)[C@@H]21. The van der Waals surface area contributed by atoms with Gasteiger partial charge < -0.3 is 4.74 Å². The third-order valence-corrected chi connectivity index (χ3v) is 7.52. The van der Waals surface area contributed by atoms with Crippen LogP contribution in [0.5, 0.6) is 0 Å². The molecule has 0 radical (unpaired) electrons. The lowest BCUT2D eigenvalue weighted by Crippen LogP contribution is -2.45. The number of ether oxygens (including phenoxy) is 1. The molecule has 1 aliphatic carbocycles. The van der Waals surface area contributed by atoms with Crippen LogP contribution in [0.15, 0.2) is 52.9 Å². The minimum Gasteiger partial charge on any atom is -0.468 e. The number of rotatable bonds is 3. The number of nitrogens with zero attached hydrogens (tertiary/aromatic N) is 1. The quantitative estimate of drug-likeness (QED) is 0.573. The molecule has 2 aliphatic rings. The van der Waals surface area contributed by atoms with Crippen LogP contribution in [-0.4, -0.2) is 33.3 Å². The number of allylic oxidation sites excluding steroid dienone is 1. The maximum absolute atomic E-state index is 13.7. The highest BCUT2D eigenvalue weighted by molar-refractivity contribution is 7.93. The largest absolute Gasteiger partial charge is 0.468 e. The van der Waals surface area contributed by atoms with Crippen LogP contribution in [0.2, 0.25) is 0 Å². The van der Waals surface area contributed by atoms with Crippen molar-refractivity contribution in [1.82, 2.24) is 0 Å². The average molecular weight is 411 g/mol. The van der Waals surface area contributed by atoms with Gasteiger partial charge in [-0.3, -0.25) is 13.9 Å². The maximum atomic E-state index is 13.7. The van der Waals surface area contributed by atoms with E-state index < -0.39 is 33.7 Å². The summed E-state index contributed by atoms with van der Waals surface area (Å²) < 4.78 is 33.4. The first-order valence-electron chi connectivity index (χ1n) is 9.24. The number of hydrogen-bond acceptors (Lipinski definition) is 5. The molecule has 0 spiro atoms. The summed E-state index contributed by atoms with van der Waals surface area (Å²) in [6, 6.07) is 10.9. The van der Waals surface area contributed by atoms with Crippen LogP contribution in [0.4, 0.5) is 5.69 Å². The standard InChI is InChI=1S/C22H21NO5S/c1-12-8-10-15(11-9-12)29(26,27)23-16-7-5-6-13(2)17(16)18-14(3)21(24)19(20(18)23)22(25)28-4/h5-11,19-20H,1-4H3/t19-,20+/m1/s1. The van der Waals surface area contributed by atoms with E-state index in [9.17, 15) is 18.0 Å². The van der Waals surface area contributed by atoms with Gasteiger partial charge in [0.25, 0.3) is 10.0 Å². The topological polar surface area (TPSA) is 80.8 Å². The van der Waals surface area contributed by atoms with Gasteiger partial charge in [0.15, 0.2) is 5.78 Å². The first kappa shape index (κ1) is 19.4. The molecular weight excluding hydrogens is 390 g/mol. The number of sulfonamides is 1. The second-order valence-corrected chi connectivity index (χ2v) is 9.25. The third kappa shape index (κ3) is 2.64. The Morgan fingerprint density at radius 2 is 1.69 bits per heavy atom. The molecule has 7 heteroatoms. The van der Waals surface area contributed by atoms with Crippen molar-refractivity contribution >= 4 is 33.0 Å². The Hall–Kier alpha value is -2.93. The van der Waals surface area contributed by atoms with Crippen LogP contribution in [0.1, 0.15) is 23.6 Å². The van der Waals surface area contributed by atoms with E-state index in [1.54, 1.807) is 43.3 Å². The molecule has 1 heterocycles. The average Bonchev–Trinajstić information content (AvgIpc) is 3.15. The molecule has 6 nitrogen and oxygen atoms in total. The monoisotopic (exact) mass is 411 g/mol. The van der Waals surface area contributed by atoms with Crippen molar-refractivity contribution in [3.05, 3.63) is 64.7 Å². The predicted octanol–water partition coefficient (Wildman–Crippen LogP) is 3.03. The predicted molar refractivity (Wildman–Crippen MR) is 109 cm³/mol. The molecule has 1 aliphatic heterocycles. The van der Waals surface area contributed by atoms with Crippen molar-refractivity contribution in [3.63, 3.8) is 0 Å². The molecular formula is C22H21NO5S. The molecule has 0 amide bonds. The molecule has 150 valence electrons. The normalized spacial score (nSPS) is 20.7. The van der Waals surface area contributed by atoms with E-state index in [0.29, 0.717) is 22.4 Å². The molecule has 0 fully saturated rings. The second kappa shape index (κ2) is 6.56. The van der Waals surface area contributed by atoms with Crippen LogP contribution < -0.4 is 4.31 Å². The minimum atomic E-state index is -4.02. The van der Waals surface area contributed by atoms with Crippen LogP contribution in [0.3, 0.4) is 0 Å². The van der Waals surface area contributed by atoms with Crippen molar-refractivity contribution in [2.45, 2.75) is 31.7 Å². The number of fused-ring (bicyclic) bond motifs is 3. The third-order valence-electron chi connectivity index (χ3n) is 5.71. The fourth-order valence-electron chi connectivity index (χ4n) is 4.29. The number of carbonyl (C=O) groups is 2. The Bertz CT molecular complexity index is 1180. The Labute approximate surface area is 169 Å². The molecule has 2 atom stereocenters. The van der Waals surface area contributed by atoms with Crippen LogP contribution in [-0.2, 0) is 24.3 Å². The Morgan fingerprint density at radius 3 is 2.31 bits per heavy atom. The van der Waals surface area contributed by atoms with Gasteiger partial charge in [-0.15, -0.1) is 0 Å². The van der Waals surface area contributed by atoms with Gasteiger partial charge in [-0.2, -0.15) is 0 Å². The number of benzene rings is 2. The number of ketones is 1. The summed E-state index contributed by atoms with van der Waals surface area (Å²) in [5.41, 5.74) is 3.96. The summed E-state index contributed by atoms with van der Waals surface area (Å²) in [6.07, 6.45) is 0.